The van der Waals surface area contributed by atoms with Crippen LogP contribution in [0.4, 0.5) is 4.39 Å². The minimum absolute atomic E-state index is 0.141. The van der Waals surface area contributed by atoms with Gasteiger partial charge in [-0.1, -0.05) is 48.5 Å². The van der Waals surface area contributed by atoms with E-state index >= 15 is 0 Å². The Morgan fingerprint density at radius 3 is 2.43 bits per heavy atom. The summed E-state index contributed by atoms with van der Waals surface area (Å²) in [7, 11) is 0. The number of aliphatic hydroxyl groups excluding tert-OH is 1. The second kappa shape index (κ2) is 8.17. The molecule has 2 aromatic rings. The fraction of sp³-hybridized carbons (Fsp3) is 0.294. The van der Waals surface area contributed by atoms with Gasteiger partial charge in [0.1, 0.15) is 5.82 Å². The minimum Gasteiger partial charge on any atom is -0.387 e. The fourth-order valence-corrected chi connectivity index (χ4v) is 2.88. The van der Waals surface area contributed by atoms with Crippen molar-refractivity contribution >= 4 is 11.8 Å². The Labute approximate surface area is 129 Å². The zero-order valence-corrected chi connectivity index (χ0v) is 12.8. The Bertz CT molecular complexity index is 549. The van der Waals surface area contributed by atoms with Crippen LogP contribution in [0.1, 0.15) is 23.3 Å². The zero-order valence-electron chi connectivity index (χ0n) is 12.0. The fourth-order valence-electron chi connectivity index (χ4n) is 2.23. The smallest absolute Gasteiger partial charge is 0.129 e. The molecule has 2 rings (SSSR count). The third-order valence-corrected chi connectivity index (χ3v) is 4.02. The first-order chi connectivity index (χ1) is 10.2. The predicted octanol–water partition coefficient (Wildman–Crippen LogP) is 3.55. The SMILES string of the molecule is CSCC(NCC(O)c1ccccc1F)c1ccccc1. The van der Waals surface area contributed by atoms with Gasteiger partial charge in [0.25, 0.3) is 0 Å². The highest BCUT2D eigenvalue weighted by Gasteiger charge is 2.15. The molecule has 0 aromatic heterocycles. The predicted molar refractivity (Wildman–Crippen MR) is 86.9 cm³/mol. The minimum atomic E-state index is -0.848. The lowest BCUT2D eigenvalue weighted by atomic mass is 10.1. The van der Waals surface area contributed by atoms with Crippen molar-refractivity contribution in [2.45, 2.75) is 12.1 Å². The average molecular weight is 305 g/mol. The summed E-state index contributed by atoms with van der Waals surface area (Å²) in [5, 5.41) is 13.5. The van der Waals surface area contributed by atoms with Crippen molar-refractivity contribution in [3.63, 3.8) is 0 Å². The number of hydrogen-bond acceptors (Lipinski definition) is 3. The van der Waals surface area contributed by atoms with Gasteiger partial charge < -0.3 is 10.4 Å². The zero-order chi connectivity index (χ0) is 15.1. The van der Waals surface area contributed by atoms with Crippen LogP contribution in [-0.2, 0) is 0 Å². The molecular formula is C17H20FNOS. The molecule has 2 nitrogen and oxygen atoms in total. The molecule has 4 heteroatoms. The Hall–Kier alpha value is -1.36. The molecule has 2 N–H and O–H groups in total. The van der Waals surface area contributed by atoms with Gasteiger partial charge in [-0.3, -0.25) is 0 Å². The van der Waals surface area contributed by atoms with Crippen molar-refractivity contribution in [3.8, 4) is 0 Å². The van der Waals surface area contributed by atoms with E-state index in [2.05, 4.69) is 17.4 Å². The summed E-state index contributed by atoms with van der Waals surface area (Å²) in [6, 6.07) is 16.6. The maximum absolute atomic E-state index is 13.6. The van der Waals surface area contributed by atoms with Crippen LogP contribution in [0.3, 0.4) is 0 Å². The van der Waals surface area contributed by atoms with E-state index in [0.29, 0.717) is 12.1 Å². The molecule has 0 amide bonds. The Morgan fingerprint density at radius 1 is 1.10 bits per heavy atom. The molecule has 0 bridgehead atoms. The first kappa shape index (κ1) is 16.0. The third kappa shape index (κ3) is 4.56. The molecule has 21 heavy (non-hydrogen) atoms. The summed E-state index contributed by atoms with van der Waals surface area (Å²) in [6.07, 6.45) is 1.20. The third-order valence-electron chi connectivity index (χ3n) is 3.36. The van der Waals surface area contributed by atoms with E-state index in [-0.39, 0.29) is 11.9 Å². The number of thioether (sulfide) groups is 1. The summed E-state index contributed by atoms with van der Waals surface area (Å²) in [5.41, 5.74) is 1.51. The van der Waals surface area contributed by atoms with E-state index in [0.717, 1.165) is 5.75 Å². The highest BCUT2D eigenvalue weighted by molar-refractivity contribution is 7.98. The van der Waals surface area contributed by atoms with Crippen LogP contribution in [0.2, 0.25) is 0 Å². The van der Waals surface area contributed by atoms with E-state index in [9.17, 15) is 9.50 Å². The largest absolute Gasteiger partial charge is 0.387 e. The van der Waals surface area contributed by atoms with Gasteiger partial charge in [-0.15, -0.1) is 0 Å². The molecule has 0 aliphatic heterocycles. The monoisotopic (exact) mass is 305 g/mol. The first-order valence-electron chi connectivity index (χ1n) is 6.92. The first-order valence-corrected chi connectivity index (χ1v) is 8.31. The second-order valence-electron chi connectivity index (χ2n) is 4.86. The van der Waals surface area contributed by atoms with E-state index in [1.807, 2.05) is 24.5 Å². The number of nitrogens with one attached hydrogen (secondary N) is 1. The van der Waals surface area contributed by atoms with Crippen LogP contribution in [0.15, 0.2) is 54.6 Å². The highest BCUT2D eigenvalue weighted by Crippen LogP contribution is 2.20. The van der Waals surface area contributed by atoms with Crippen LogP contribution in [0.5, 0.6) is 0 Å². The van der Waals surface area contributed by atoms with E-state index in [4.69, 9.17) is 0 Å². The standard InChI is InChI=1S/C17H20FNOS/c1-21-12-16(13-7-3-2-4-8-13)19-11-17(20)14-9-5-6-10-15(14)18/h2-10,16-17,19-20H,11-12H2,1H3. The number of halogens is 1. The van der Waals surface area contributed by atoms with Crippen molar-refractivity contribution in [2.24, 2.45) is 0 Å². The van der Waals surface area contributed by atoms with E-state index < -0.39 is 6.10 Å². The second-order valence-corrected chi connectivity index (χ2v) is 5.77. The van der Waals surface area contributed by atoms with Crippen molar-refractivity contribution < 1.29 is 9.50 Å². The Kier molecular flexibility index (Phi) is 6.23. The number of rotatable bonds is 7. The Morgan fingerprint density at radius 2 is 1.76 bits per heavy atom. The molecular weight excluding hydrogens is 285 g/mol. The van der Waals surface area contributed by atoms with Gasteiger partial charge in [0.2, 0.25) is 0 Å². The van der Waals surface area contributed by atoms with Gasteiger partial charge in [-0.2, -0.15) is 11.8 Å². The molecule has 0 aliphatic carbocycles. The van der Waals surface area contributed by atoms with Crippen molar-refractivity contribution in [2.75, 3.05) is 18.6 Å². The average Bonchev–Trinajstić information content (AvgIpc) is 2.52. The van der Waals surface area contributed by atoms with Gasteiger partial charge in [0, 0.05) is 23.9 Å². The number of aliphatic hydroxyl groups is 1. The topological polar surface area (TPSA) is 32.3 Å². The van der Waals surface area contributed by atoms with Crippen LogP contribution in [0, 0.1) is 5.82 Å². The van der Waals surface area contributed by atoms with Crippen molar-refractivity contribution in [3.05, 3.63) is 71.5 Å². The molecule has 0 saturated carbocycles. The van der Waals surface area contributed by atoms with E-state index in [1.54, 1.807) is 30.0 Å². The lowest BCUT2D eigenvalue weighted by Crippen LogP contribution is -2.28. The summed E-state index contributed by atoms with van der Waals surface area (Å²) in [6.45, 7) is 0.320. The van der Waals surface area contributed by atoms with Crippen molar-refractivity contribution in [1.29, 1.82) is 0 Å². The van der Waals surface area contributed by atoms with Gasteiger partial charge in [0.05, 0.1) is 6.10 Å². The van der Waals surface area contributed by atoms with Crippen LogP contribution >= 0.6 is 11.8 Å². The molecule has 0 fully saturated rings. The summed E-state index contributed by atoms with van der Waals surface area (Å²) >= 11 is 1.74. The molecule has 2 atom stereocenters. The van der Waals surface area contributed by atoms with Gasteiger partial charge in [0.15, 0.2) is 0 Å². The normalized spacial score (nSPS) is 13.9. The highest BCUT2D eigenvalue weighted by atomic mass is 32.2. The summed E-state index contributed by atoms with van der Waals surface area (Å²) < 4.78 is 13.6. The maximum atomic E-state index is 13.6. The molecule has 2 aromatic carbocycles. The summed E-state index contributed by atoms with van der Waals surface area (Å²) in [5.74, 6) is 0.529. The van der Waals surface area contributed by atoms with Gasteiger partial charge in [-0.05, 0) is 17.9 Å². The number of hydrogen-bond donors (Lipinski definition) is 2. The van der Waals surface area contributed by atoms with Crippen LogP contribution < -0.4 is 5.32 Å². The lowest BCUT2D eigenvalue weighted by molar-refractivity contribution is 0.166. The molecule has 0 heterocycles. The van der Waals surface area contributed by atoms with Crippen molar-refractivity contribution in [1.82, 2.24) is 5.32 Å². The molecule has 0 saturated heterocycles. The summed E-state index contributed by atoms with van der Waals surface area (Å²) in [4.78, 5) is 0. The molecule has 0 spiro atoms. The quantitative estimate of drug-likeness (QED) is 0.820. The van der Waals surface area contributed by atoms with Crippen LogP contribution in [-0.4, -0.2) is 23.7 Å². The lowest BCUT2D eigenvalue weighted by Gasteiger charge is -2.21. The Balaban J connectivity index is 2.00. The molecule has 2 unspecified atom stereocenters. The number of benzene rings is 2. The molecule has 0 aliphatic rings. The van der Waals surface area contributed by atoms with Gasteiger partial charge in [-0.25, -0.2) is 4.39 Å². The van der Waals surface area contributed by atoms with Crippen LogP contribution in [0.25, 0.3) is 0 Å². The van der Waals surface area contributed by atoms with E-state index in [1.165, 1.54) is 11.6 Å². The molecule has 112 valence electrons. The van der Waals surface area contributed by atoms with Gasteiger partial charge >= 0.3 is 0 Å². The molecule has 0 radical (unpaired) electrons. The maximum Gasteiger partial charge on any atom is 0.129 e.